The van der Waals surface area contributed by atoms with E-state index in [1.165, 1.54) is 25.7 Å². The minimum atomic E-state index is -0.732. The number of carboxylic acid groups (broad SMARTS) is 1. The number of carboxylic acids is 1. The van der Waals surface area contributed by atoms with Gasteiger partial charge in [0.25, 0.3) is 0 Å². The van der Waals surface area contributed by atoms with Crippen molar-refractivity contribution in [3.63, 3.8) is 0 Å². The summed E-state index contributed by atoms with van der Waals surface area (Å²) in [5.74, 6) is -0.116. The van der Waals surface area contributed by atoms with Crippen LogP contribution in [0, 0.1) is 5.92 Å². The third-order valence-corrected chi connectivity index (χ3v) is 5.20. The molecular formula is C14H24N2O3. The van der Waals surface area contributed by atoms with Crippen LogP contribution in [0.1, 0.15) is 25.7 Å². The summed E-state index contributed by atoms with van der Waals surface area (Å²) in [5.41, 5.74) is 0. The molecule has 0 spiro atoms. The fourth-order valence-corrected chi connectivity index (χ4v) is 4.11. The van der Waals surface area contributed by atoms with Crippen molar-refractivity contribution in [2.45, 2.75) is 43.9 Å². The Balaban J connectivity index is 1.58. The summed E-state index contributed by atoms with van der Waals surface area (Å²) < 4.78 is 5.94. The van der Waals surface area contributed by atoms with Crippen molar-refractivity contribution in [3.05, 3.63) is 0 Å². The first kappa shape index (κ1) is 13.3. The van der Waals surface area contributed by atoms with Crippen LogP contribution in [-0.2, 0) is 9.53 Å². The lowest BCUT2D eigenvalue weighted by atomic mass is 9.86. The molecule has 3 atom stereocenters. The van der Waals surface area contributed by atoms with Crippen LogP contribution < -0.4 is 0 Å². The molecule has 3 saturated heterocycles. The van der Waals surface area contributed by atoms with Crippen LogP contribution in [0.15, 0.2) is 0 Å². The number of rotatable bonds is 3. The number of nitrogens with zero attached hydrogens (tertiary/aromatic N) is 2. The molecule has 5 nitrogen and oxygen atoms in total. The van der Waals surface area contributed by atoms with Gasteiger partial charge in [-0.25, -0.2) is 0 Å². The van der Waals surface area contributed by atoms with E-state index in [4.69, 9.17) is 9.84 Å². The zero-order valence-electron chi connectivity index (χ0n) is 11.6. The number of hydrogen-bond acceptors (Lipinski definition) is 4. The van der Waals surface area contributed by atoms with Gasteiger partial charge in [0.05, 0.1) is 19.3 Å². The summed E-state index contributed by atoms with van der Waals surface area (Å²) in [6.45, 7) is 2.38. The monoisotopic (exact) mass is 268 g/mol. The van der Waals surface area contributed by atoms with Crippen LogP contribution in [0.3, 0.4) is 0 Å². The molecule has 108 valence electrons. The summed E-state index contributed by atoms with van der Waals surface area (Å²) in [6, 6.07) is 1.45. The number of hydrogen-bond donors (Lipinski definition) is 1. The molecule has 3 rings (SSSR count). The van der Waals surface area contributed by atoms with Crippen LogP contribution >= 0.6 is 0 Å². The van der Waals surface area contributed by atoms with E-state index in [2.05, 4.69) is 11.9 Å². The van der Waals surface area contributed by atoms with Gasteiger partial charge in [-0.2, -0.15) is 0 Å². The molecule has 0 aromatic carbocycles. The average Bonchev–Trinajstić information content (AvgIpc) is 2.62. The molecule has 1 N–H and O–H groups in total. The minimum absolute atomic E-state index is 0.152. The summed E-state index contributed by atoms with van der Waals surface area (Å²) in [5, 5.41) is 8.90. The highest BCUT2D eigenvalue weighted by molar-refractivity contribution is 5.69. The molecule has 3 unspecified atom stereocenters. The van der Waals surface area contributed by atoms with Crippen molar-refractivity contribution in [1.29, 1.82) is 0 Å². The maximum Gasteiger partial charge on any atom is 0.317 e. The Kier molecular flexibility index (Phi) is 3.78. The van der Waals surface area contributed by atoms with Crippen molar-refractivity contribution >= 4 is 5.97 Å². The number of ether oxygens (including phenoxy) is 1. The van der Waals surface area contributed by atoms with Gasteiger partial charge in [0, 0.05) is 25.2 Å². The van der Waals surface area contributed by atoms with Crippen molar-refractivity contribution in [2.75, 3.05) is 33.3 Å². The molecule has 3 aliphatic rings. The first-order valence-corrected chi connectivity index (χ1v) is 7.41. The molecule has 2 bridgehead atoms. The Morgan fingerprint density at radius 2 is 2.00 bits per heavy atom. The van der Waals surface area contributed by atoms with Crippen LogP contribution in [-0.4, -0.2) is 72.4 Å². The Bertz CT molecular complexity index is 336. The van der Waals surface area contributed by atoms with Gasteiger partial charge in [-0.05, 0) is 38.6 Å². The zero-order valence-corrected chi connectivity index (χ0v) is 11.6. The van der Waals surface area contributed by atoms with Crippen molar-refractivity contribution in [3.8, 4) is 0 Å². The third kappa shape index (κ3) is 2.78. The normalized spacial score (nSPS) is 40.5. The van der Waals surface area contributed by atoms with E-state index < -0.39 is 5.97 Å². The highest BCUT2D eigenvalue weighted by Gasteiger charge is 2.42. The molecule has 19 heavy (non-hydrogen) atoms. The van der Waals surface area contributed by atoms with Gasteiger partial charge in [0.2, 0.25) is 0 Å². The van der Waals surface area contributed by atoms with Crippen LogP contribution in [0.25, 0.3) is 0 Å². The van der Waals surface area contributed by atoms with E-state index in [-0.39, 0.29) is 12.6 Å². The number of fused-ring (bicyclic) bond motifs is 2. The van der Waals surface area contributed by atoms with E-state index in [0.29, 0.717) is 12.5 Å². The summed E-state index contributed by atoms with van der Waals surface area (Å²) >= 11 is 0. The molecular weight excluding hydrogens is 244 g/mol. The first-order valence-electron chi connectivity index (χ1n) is 7.41. The maximum atomic E-state index is 10.8. The maximum absolute atomic E-state index is 10.8. The second-order valence-corrected chi connectivity index (χ2v) is 6.32. The average molecular weight is 268 g/mol. The Morgan fingerprint density at radius 1 is 1.32 bits per heavy atom. The van der Waals surface area contributed by atoms with Crippen molar-refractivity contribution in [1.82, 2.24) is 9.80 Å². The highest BCUT2D eigenvalue weighted by Crippen LogP contribution is 2.39. The van der Waals surface area contributed by atoms with Crippen LogP contribution in [0.5, 0.6) is 0 Å². The molecule has 0 saturated carbocycles. The Hall–Kier alpha value is -0.650. The SMILES string of the molecule is CN1C2CCC1CC(C1CN(CC(=O)O)CCO1)C2. The van der Waals surface area contributed by atoms with Gasteiger partial charge in [-0.15, -0.1) is 0 Å². The number of piperidine rings is 1. The molecule has 3 fully saturated rings. The fourth-order valence-electron chi connectivity index (χ4n) is 4.11. The predicted octanol–water partition coefficient (Wildman–Crippen LogP) is 0.645. The van der Waals surface area contributed by atoms with Gasteiger partial charge in [0.1, 0.15) is 0 Å². The minimum Gasteiger partial charge on any atom is -0.480 e. The quantitative estimate of drug-likeness (QED) is 0.814. The summed E-state index contributed by atoms with van der Waals surface area (Å²) in [4.78, 5) is 15.4. The van der Waals surface area contributed by atoms with Crippen LogP contribution in [0.2, 0.25) is 0 Å². The van der Waals surface area contributed by atoms with E-state index in [0.717, 1.165) is 25.2 Å². The fraction of sp³-hybridized carbons (Fsp3) is 0.929. The first-order chi connectivity index (χ1) is 9.13. The smallest absolute Gasteiger partial charge is 0.317 e. The molecule has 0 aliphatic carbocycles. The third-order valence-electron chi connectivity index (χ3n) is 5.20. The van der Waals surface area contributed by atoms with Gasteiger partial charge in [-0.3, -0.25) is 9.69 Å². The van der Waals surface area contributed by atoms with Crippen molar-refractivity contribution < 1.29 is 14.6 Å². The van der Waals surface area contributed by atoms with Crippen LogP contribution in [0.4, 0.5) is 0 Å². The lowest BCUT2D eigenvalue weighted by Gasteiger charge is -2.42. The molecule has 3 aliphatic heterocycles. The van der Waals surface area contributed by atoms with E-state index >= 15 is 0 Å². The lowest BCUT2D eigenvalue weighted by molar-refractivity contribution is -0.141. The Morgan fingerprint density at radius 3 is 2.63 bits per heavy atom. The Labute approximate surface area is 114 Å². The molecule has 0 amide bonds. The number of aliphatic carboxylic acids is 1. The molecule has 3 heterocycles. The highest BCUT2D eigenvalue weighted by atomic mass is 16.5. The largest absolute Gasteiger partial charge is 0.480 e. The van der Waals surface area contributed by atoms with Gasteiger partial charge < -0.3 is 14.7 Å². The van der Waals surface area contributed by atoms with E-state index in [1.807, 2.05) is 4.90 Å². The second kappa shape index (κ2) is 5.38. The number of morpholine rings is 1. The number of carbonyl (C=O) groups is 1. The standard InChI is InChI=1S/C14H24N2O3/c1-15-11-2-3-12(15)7-10(6-11)13-8-16(4-5-19-13)9-14(17)18/h10-13H,2-9H2,1H3,(H,17,18). The lowest BCUT2D eigenvalue weighted by Crippen LogP contribution is -2.51. The van der Waals surface area contributed by atoms with E-state index in [1.54, 1.807) is 0 Å². The summed E-state index contributed by atoms with van der Waals surface area (Å²) in [7, 11) is 2.25. The van der Waals surface area contributed by atoms with Crippen molar-refractivity contribution in [2.24, 2.45) is 5.92 Å². The second-order valence-electron chi connectivity index (χ2n) is 6.32. The topological polar surface area (TPSA) is 53.0 Å². The van der Waals surface area contributed by atoms with Gasteiger partial charge in [0.15, 0.2) is 0 Å². The predicted molar refractivity (Wildman–Crippen MR) is 71.1 cm³/mol. The van der Waals surface area contributed by atoms with Gasteiger partial charge >= 0.3 is 5.97 Å². The summed E-state index contributed by atoms with van der Waals surface area (Å²) in [6.07, 6.45) is 5.33. The molecule has 0 aromatic rings. The molecule has 5 heteroatoms. The van der Waals surface area contributed by atoms with E-state index in [9.17, 15) is 4.79 Å². The molecule has 0 aromatic heterocycles. The molecule has 0 radical (unpaired) electrons. The zero-order chi connectivity index (χ0) is 13.4. The van der Waals surface area contributed by atoms with Gasteiger partial charge in [-0.1, -0.05) is 0 Å².